The second-order valence-electron chi connectivity index (χ2n) is 6.38. The number of hydrogen-bond donors (Lipinski definition) is 1. The van der Waals surface area contributed by atoms with Crippen LogP contribution in [0.15, 0.2) is 59.3 Å². The van der Waals surface area contributed by atoms with Crippen LogP contribution in [-0.4, -0.2) is 31.0 Å². The average Bonchev–Trinajstić information content (AvgIpc) is 2.96. The third-order valence-corrected chi connectivity index (χ3v) is 4.60. The zero-order valence-electron chi connectivity index (χ0n) is 16.6. The Labute approximate surface area is 179 Å². The molecule has 0 spiro atoms. The highest BCUT2D eigenvalue weighted by atomic mass is 35.5. The van der Waals surface area contributed by atoms with Crippen LogP contribution < -0.4 is 15.0 Å². The lowest BCUT2D eigenvalue weighted by molar-refractivity contribution is -0.120. The lowest BCUT2D eigenvalue weighted by Crippen LogP contribution is -2.32. The van der Waals surface area contributed by atoms with Crippen molar-refractivity contribution in [2.24, 2.45) is 0 Å². The molecule has 3 rings (SSSR count). The van der Waals surface area contributed by atoms with Gasteiger partial charge in [-0.3, -0.25) is 9.59 Å². The van der Waals surface area contributed by atoms with E-state index < -0.39 is 17.8 Å². The highest BCUT2D eigenvalue weighted by Gasteiger charge is 2.39. The fourth-order valence-corrected chi connectivity index (χ4v) is 3.09. The van der Waals surface area contributed by atoms with Crippen LogP contribution in [0.2, 0.25) is 0 Å². The van der Waals surface area contributed by atoms with Crippen molar-refractivity contribution in [1.29, 1.82) is 0 Å². The van der Waals surface area contributed by atoms with E-state index in [1.165, 1.54) is 6.07 Å². The van der Waals surface area contributed by atoms with Gasteiger partial charge in [-0.15, -0.1) is 0 Å². The van der Waals surface area contributed by atoms with E-state index in [1.807, 2.05) is 13.8 Å². The van der Waals surface area contributed by atoms with Crippen molar-refractivity contribution >= 4 is 40.8 Å². The first-order valence-corrected chi connectivity index (χ1v) is 9.90. The quantitative estimate of drug-likeness (QED) is 0.503. The topological polar surface area (TPSA) is 84.9 Å². The number of hydrogen-bond acceptors (Lipinski definition) is 6. The Balaban J connectivity index is 1.87. The number of nitrogens with one attached hydrogen (secondary N) is 1. The van der Waals surface area contributed by atoms with Gasteiger partial charge in [0, 0.05) is 0 Å². The first-order chi connectivity index (χ1) is 14.5. The average molecular weight is 429 g/mol. The fourth-order valence-electron chi connectivity index (χ4n) is 2.88. The predicted molar refractivity (Wildman–Crippen MR) is 114 cm³/mol. The molecule has 1 heterocycles. The minimum atomic E-state index is -0.683. The number of halogens is 1. The van der Waals surface area contributed by atoms with Crippen molar-refractivity contribution in [3.63, 3.8) is 0 Å². The normalized spacial score (nSPS) is 13.6. The number of ether oxygens (including phenoxy) is 2. The maximum absolute atomic E-state index is 13.0. The van der Waals surface area contributed by atoms with Crippen molar-refractivity contribution in [3.05, 3.63) is 64.8 Å². The van der Waals surface area contributed by atoms with Gasteiger partial charge in [0.15, 0.2) is 0 Å². The van der Waals surface area contributed by atoms with E-state index in [-0.39, 0.29) is 28.6 Å². The van der Waals surface area contributed by atoms with Gasteiger partial charge < -0.3 is 14.8 Å². The van der Waals surface area contributed by atoms with Crippen LogP contribution >= 0.6 is 11.6 Å². The van der Waals surface area contributed by atoms with Gasteiger partial charge in [-0.2, -0.15) is 0 Å². The maximum atomic E-state index is 13.0. The summed E-state index contributed by atoms with van der Waals surface area (Å²) in [5, 5.41) is 2.66. The molecule has 8 heteroatoms. The Morgan fingerprint density at radius 1 is 1.07 bits per heavy atom. The molecule has 0 saturated carbocycles. The minimum absolute atomic E-state index is 0.0622. The molecule has 1 N–H and O–H groups in total. The van der Waals surface area contributed by atoms with Crippen LogP contribution in [0.3, 0.4) is 0 Å². The van der Waals surface area contributed by atoms with Crippen molar-refractivity contribution in [2.45, 2.75) is 20.3 Å². The summed E-state index contributed by atoms with van der Waals surface area (Å²) in [5.41, 5.74) is 0.907. The van der Waals surface area contributed by atoms with Crippen molar-refractivity contribution in [1.82, 2.24) is 0 Å². The first kappa shape index (κ1) is 21.4. The van der Waals surface area contributed by atoms with Crippen molar-refractivity contribution in [3.8, 4) is 5.75 Å². The number of nitrogens with zero attached hydrogens (tertiary/aromatic N) is 1. The lowest BCUT2D eigenvalue weighted by Gasteiger charge is -2.16. The van der Waals surface area contributed by atoms with Gasteiger partial charge >= 0.3 is 5.97 Å². The van der Waals surface area contributed by atoms with Gasteiger partial charge in [0.05, 0.1) is 30.2 Å². The van der Waals surface area contributed by atoms with E-state index in [1.54, 1.807) is 42.5 Å². The summed E-state index contributed by atoms with van der Waals surface area (Å²) in [7, 11) is 0. The van der Waals surface area contributed by atoms with Crippen LogP contribution in [0.5, 0.6) is 5.75 Å². The number of rotatable bonds is 8. The number of carbonyl (C=O) groups excluding carboxylic acids is 3. The molecule has 156 valence electrons. The molecular weight excluding hydrogens is 408 g/mol. The first-order valence-electron chi connectivity index (χ1n) is 9.52. The molecule has 2 amide bonds. The molecule has 0 atom stereocenters. The van der Waals surface area contributed by atoms with Gasteiger partial charge in [0.25, 0.3) is 11.8 Å². The molecule has 0 aliphatic carbocycles. The monoisotopic (exact) mass is 428 g/mol. The third-order valence-electron chi connectivity index (χ3n) is 4.25. The molecule has 0 unspecified atom stereocenters. The van der Waals surface area contributed by atoms with E-state index in [0.29, 0.717) is 24.5 Å². The number of esters is 1. The molecule has 0 bridgehead atoms. The molecule has 0 aromatic heterocycles. The second-order valence-corrected chi connectivity index (χ2v) is 6.75. The second kappa shape index (κ2) is 9.45. The fraction of sp³-hybridized carbons (Fsp3) is 0.227. The molecule has 0 fully saturated rings. The summed E-state index contributed by atoms with van der Waals surface area (Å²) < 4.78 is 10.7. The Morgan fingerprint density at radius 3 is 2.57 bits per heavy atom. The Hall–Kier alpha value is -3.32. The lowest BCUT2D eigenvalue weighted by atomic mass is 10.2. The molecule has 1 aliphatic heterocycles. The van der Waals surface area contributed by atoms with Crippen molar-refractivity contribution in [2.75, 3.05) is 23.4 Å². The number of imide groups is 1. The maximum Gasteiger partial charge on any atom is 0.338 e. The zero-order valence-corrected chi connectivity index (χ0v) is 17.4. The van der Waals surface area contributed by atoms with Crippen LogP contribution in [0, 0.1) is 0 Å². The molecule has 7 nitrogen and oxygen atoms in total. The van der Waals surface area contributed by atoms with Gasteiger partial charge in [-0.05, 0) is 43.7 Å². The summed E-state index contributed by atoms with van der Waals surface area (Å²) >= 11 is 6.19. The van der Waals surface area contributed by atoms with E-state index in [2.05, 4.69) is 5.32 Å². The number of benzene rings is 2. The molecule has 2 aromatic rings. The predicted octanol–water partition coefficient (Wildman–Crippen LogP) is 4.09. The number of para-hydroxylation sites is 2. The molecule has 0 saturated heterocycles. The van der Waals surface area contributed by atoms with Crippen molar-refractivity contribution < 1.29 is 23.9 Å². The Bertz CT molecular complexity index is 1020. The molecule has 2 aromatic carbocycles. The van der Waals surface area contributed by atoms with Gasteiger partial charge in [0.1, 0.15) is 16.5 Å². The zero-order chi connectivity index (χ0) is 21.7. The molecular formula is C22H21ClN2O5. The highest BCUT2D eigenvalue weighted by molar-refractivity contribution is 6.53. The standard InChI is InChI=1S/C22H21ClN2O5/c1-3-12-30-22(28)14-8-7-9-15(13-14)25-20(26)18(23)19(21(25)27)24-16-10-5-6-11-17(16)29-4-2/h5-11,13,24H,3-4,12H2,1-2H3. The Kier molecular flexibility index (Phi) is 6.74. The van der Waals surface area contributed by atoms with Gasteiger partial charge in [-0.25, -0.2) is 9.69 Å². The number of anilines is 2. The summed E-state index contributed by atoms with van der Waals surface area (Å²) in [6.07, 6.45) is 0.687. The van der Waals surface area contributed by atoms with E-state index in [4.69, 9.17) is 21.1 Å². The minimum Gasteiger partial charge on any atom is -0.492 e. The van der Waals surface area contributed by atoms with Crippen LogP contribution in [0.25, 0.3) is 0 Å². The molecule has 1 aliphatic rings. The summed E-state index contributed by atoms with van der Waals surface area (Å²) in [6, 6.07) is 13.1. The van der Waals surface area contributed by atoms with Gasteiger partial charge in [0.2, 0.25) is 0 Å². The highest BCUT2D eigenvalue weighted by Crippen LogP contribution is 2.33. The smallest absolute Gasteiger partial charge is 0.338 e. The summed E-state index contributed by atoms with van der Waals surface area (Å²) in [5.74, 6) is -1.32. The van der Waals surface area contributed by atoms with Crippen LogP contribution in [0.1, 0.15) is 30.6 Å². The largest absolute Gasteiger partial charge is 0.492 e. The molecule has 30 heavy (non-hydrogen) atoms. The Morgan fingerprint density at radius 2 is 1.83 bits per heavy atom. The van der Waals surface area contributed by atoms with Gasteiger partial charge in [-0.1, -0.05) is 36.7 Å². The van der Waals surface area contributed by atoms with E-state index in [0.717, 1.165) is 4.90 Å². The number of amides is 2. The number of carbonyl (C=O) groups is 3. The van der Waals surface area contributed by atoms with E-state index >= 15 is 0 Å². The third kappa shape index (κ3) is 4.31. The SMILES string of the molecule is CCCOC(=O)c1cccc(N2C(=O)C(Cl)=C(Nc3ccccc3OCC)C2=O)c1. The molecule has 0 radical (unpaired) electrons. The van der Waals surface area contributed by atoms with E-state index in [9.17, 15) is 14.4 Å². The van der Waals surface area contributed by atoms with Crippen LogP contribution in [0.4, 0.5) is 11.4 Å². The summed E-state index contributed by atoms with van der Waals surface area (Å²) in [6.45, 7) is 4.45. The van der Waals surface area contributed by atoms with Crippen LogP contribution in [-0.2, 0) is 14.3 Å². The summed E-state index contributed by atoms with van der Waals surface area (Å²) in [4.78, 5) is 38.8.